The predicted octanol–water partition coefficient (Wildman–Crippen LogP) is 8.06. The van der Waals surface area contributed by atoms with Gasteiger partial charge in [0.05, 0.1) is 37.4 Å². The molecular formula is C36H62N6O4. The molecule has 0 aliphatic heterocycles. The number of aromatic nitrogens is 4. The minimum absolute atomic E-state index is 0.172. The first-order chi connectivity index (χ1) is 22.2. The number of nitrogens with zero attached hydrogens (tertiary/aromatic N) is 5. The molecule has 1 saturated carbocycles. The lowest BCUT2D eigenvalue weighted by Crippen LogP contribution is -2.40. The van der Waals surface area contributed by atoms with Crippen LogP contribution in [0.4, 0.5) is 11.6 Å². The Hall–Kier alpha value is -2.72. The summed E-state index contributed by atoms with van der Waals surface area (Å²) < 4.78 is 13.4. The van der Waals surface area contributed by atoms with E-state index in [-0.39, 0.29) is 30.1 Å². The van der Waals surface area contributed by atoms with Gasteiger partial charge in [0.2, 0.25) is 5.91 Å². The fourth-order valence-corrected chi connectivity index (χ4v) is 5.37. The summed E-state index contributed by atoms with van der Waals surface area (Å²) in [5.41, 5.74) is 1.45. The Kier molecular flexibility index (Phi) is 16.3. The summed E-state index contributed by atoms with van der Waals surface area (Å²) in [4.78, 5) is 28.6. The van der Waals surface area contributed by atoms with Crippen LogP contribution in [0.15, 0.2) is 12.1 Å². The lowest BCUT2D eigenvalue weighted by Gasteiger charge is -2.24. The van der Waals surface area contributed by atoms with Gasteiger partial charge in [0.25, 0.3) is 5.91 Å². The molecule has 0 bridgehead atoms. The summed E-state index contributed by atoms with van der Waals surface area (Å²) in [5.74, 6) is 1.14. The van der Waals surface area contributed by atoms with E-state index in [9.17, 15) is 9.59 Å². The van der Waals surface area contributed by atoms with Crippen LogP contribution in [0.5, 0.6) is 0 Å². The molecule has 260 valence electrons. The maximum absolute atomic E-state index is 14.0. The van der Waals surface area contributed by atoms with Crippen LogP contribution in [0.1, 0.15) is 155 Å². The van der Waals surface area contributed by atoms with E-state index in [1.807, 2.05) is 19.2 Å². The number of aryl methyl sites for hydroxylation is 1. The highest BCUT2D eigenvalue weighted by molar-refractivity contribution is 5.94. The largest absolute Gasteiger partial charge is 0.381 e. The standard InChI is InChI=1S/C36H62N6O4/c1-7-9-11-13-15-17-23-45-25-21-33(43)37-32-28-31(36(3,4)5)39-42(32)41(34-27-30(29-19-20-29)38-40(34)6)35(44)22-26-46-24-18-16-14-12-10-8-2/h27-29H,7-26H2,1-6H3,(H,37,43). The van der Waals surface area contributed by atoms with Gasteiger partial charge in [0.1, 0.15) is 0 Å². The third kappa shape index (κ3) is 12.8. The Labute approximate surface area is 277 Å². The smallest absolute Gasteiger partial charge is 0.251 e. The summed E-state index contributed by atoms with van der Waals surface area (Å²) >= 11 is 0. The summed E-state index contributed by atoms with van der Waals surface area (Å²) in [5, 5.41) is 14.2. The second kappa shape index (κ2) is 19.8. The lowest BCUT2D eigenvalue weighted by molar-refractivity contribution is -0.121. The molecule has 2 aromatic rings. The zero-order chi connectivity index (χ0) is 33.4. The quantitative estimate of drug-likeness (QED) is 0.116. The van der Waals surface area contributed by atoms with E-state index < -0.39 is 0 Å². The van der Waals surface area contributed by atoms with E-state index in [0.29, 0.717) is 44.0 Å². The number of hydrogen-bond acceptors (Lipinski definition) is 6. The summed E-state index contributed by atoms with van der Waals surface area (Å²) in [7, 11) is 1.85. The van der Waals surface area contributed by atoms with Crippen molar-refractivity contribution in [1.29, 1.82) is 0 Å². The van der Waals surface area contributed by atoms with Crippen molar-refractivity contribution in [2.24, 2.45) is 7.05 Å². The average Bonchev–Trinajstić information content (AvgIpc) is 3.68. The number of ether oxygens (including phenoxy) is 2. The molecule has 0 unspecified atom stereocenters. The number of nitrogens with one attached hydrogen (secondary N) is 1. The van der Waals surface area contributed by atoms with Gasteiger partial charge in [0.15, 0.2) is 11.6 Å². The zero-order valence-electron chi connectivity index (χ0n) is 29.7. The highest BCUT2D eigenvalue weighted by Crippen LogP contribution is 2.40. The molecule has 0 atom stereocenters. The minimum Gasteiger partial charge on any atom is -0.381 e. The molecule has 0 aromatic carbocycles. The van der Waals surface area contributed by atoms with Crippen LogP contribution >= 0.6 is 0 Å². The van der Waals surface area contributed by atoms with Crippen LogP contribution in [0, 0.1) is 0 Å². The van der Waals surface area contributed by atoms with Crippen LogP contribution in [-0.4, -0.2) is 57.9 Å². The normalized spacial score (nSPS) is 13.3. The van der Waals surface area contributed by atoms with Gasteiger partial charge in [0, 0.05) is 43.7 Å². The van der Waals surface area contributed by atoms with Crippen LogP contribution in [-0.2, 0) is 31.5 Å². The second-order valence-corrected chi connectivity index (χ2v) is 13.9. The number of rotatable bonds is 24. The van der Waals surface area contributed by atoms with E-state index >= 15 is 0 Å². The van der Waals surface area contributed by atoms with Gasteiger partial charge in [-0.3, -0.25) is 14.3 Å². The highest BCUT2D eigenvalue weighted by atomic mass is 16.5. The molecule has 0 radical (unpaired) electrons. The molecule has 0 saturated heterocycles. The number of carbonyl (C=O) groups excluding carboxylic acids is 2. The molecule has 10 nitrogen and oxygen atoms in total. The Morgan fingerprint density at radius 3 is 1.96 bits per heavy atom. The molecule has 2 heterocycles. The SMILES string of the molecule is CCCCCCCCOCCC(=O)Nc1cc(C(C)(C)C)nn1N(C(=O)CCOCCCCCCCC)c1cc(C2CC2)nn1C. The van der Waals surface area contributed by atoms with Crippen molar-refractivity contribution < 1.29 is 19.1 Å². The summed E-state index contributed by atoms with van der Waals surface area (Å²) in [6.07, 6.45) is 17.0. The van der Waals surface area contributed by atoms with Crippen molar-refractivity contribution in [3.8, 4) is 0 Å². The minimum atomic E-state index is -0.300. The molecular weight excluding hydrogens is 580 g/mol. The maximum Gasteiger partial charge on any atom is 0.251 e. The van der Waals surface area contributed by atoms with Crippen molar-refractivity contribution in [2.75, 3.05) is 36.8 Å². The molecule has 2 aromatic heterocycles. The van der Waals surface area contributed by atoms with Gasteiger partial charge in [-0.1, -0.05) is 98.8 Å². The molecule has 0 spiro atoms. The molecule has 46 heavy (non-hydrogen) atoms. The van der Waals surface area contributed by atoms with Gasteiger partial charge >= 0.3 is 0 Å². The zero-order valence-corrected chi connectivity index (χ0v) is 29.7. The average molecular weight is 643 g/mol. The molecule has 1 fully saturated rings. The highest BCUT2D eigenvalue weighted by Gasteiger charge is 2.32. The van der Waals surface area contributed by atoms with Crippen molar-refractivity contribution >= 4 is 23.5 Å². The van der Waals surface area contributed by atoms with Crippen LogP contribution in [0.2, 0.25) is 0 Å². The van der Waals surface area contributed by atoms with Crippen molar-refractivity contribution in [3.63, 3.8) is 0 Å². The molecule has 1 aliphatic carbocycles. The monoisotopic (exact) mass is 642 g/mol. The van der Waals surface area contributed by atoms with Crippen LogP contribution in [0.3, 0.4) is 0 Å². The topological polar surface area (TPSA) is 104 Å². The van der Waals surface area contributed by atoms with Gasteiger partial charge in [-0.15, -0.1) is 4.79 Å². The lowest BCUT2D eigenvalue weighted by atomic mass is 9.92. The van der Waals surface area contributed by atoms with Crippen molar-refractivity contribution in [3.05, 3.63) is 23.5 Å². The molecule has 10 heteroatoms. The Morgan fingerprint density at radius 1 is 0.826 bits per heavy atom. The third-order valence-electron chi connectivity index (χ3n) is 8.46. The number of unbranched alkanes of at least 4 members (excludes halogenated alkanes) is 10. The van der Waals surface area contributed by atoms with Crippen LogP contribution in [0.25, 0.3) is 0 Å². The first-order valence-corrected chi connectivity index (χ1v) is 18.1. The first kappa shape index (κ1) is 37.7. The summed E-state index contributed by atoms with van der Waals surface area (Å²) in [6, 6.07) is 3.84. The van der Waals surface area contributed by atoms with E-state index in [4.69, 9.17) is 19.7 Å². The van der Waals surface area contributed by atoms with E-state index in [2.05, 4.69) is 39.9 Å². The van der Waals surface area contributed by atoms with Crippen molar-refractivity contribution in [1.82, 2.24) is 19.7 Å². The maximum atomic E-state index is 14.0. The Morgan fingerprint density at radius 2 is 1.39 bits per heavy atom. The molecule has 1 N–H and O–H groups in total. The van der Waals surface area contributed by atoms with Gasteiger partial charge in [-0.05, 0) is 25.7 Å². The first-order valence-electron chi connectivity index (χ1n) is 18.1. The second-order valence-electron chi connectivity index (χ2n) is 13.9. The number of amides is 2. The molecule has 1 aliphatic rings. The van der Waals surface area contributed by atoms with Gasteiger partial charge < -0.3 is 14.8 Å². The van der Waals surface area contributed by atoms with E-state index in [1.165, 1.54) is 51.4 Å². The van der Waals surface area contributed by atoms with E-state index in [0.717, 1.165) is 49.9 Å². The van der Waals surface area contributed by atoms with Gasteiger partial charge in [-0.2, -0.15) is 15.2 Å². The van der Waals surface area contributed by atoms with Gasteiger partial charge in [-0.25, -0.2) is 0 Å². The number of carbonyl (C=O) groups is 2. The molecule has 3 rings (SSSR count). The Bertz CT molecular complexity index is 1180. The fraction of sp³-hybridized carbons (Fsp3) is 0.778. The fourth-order valence-electron chi connectivity index (χ4n) is 5.37. The summed E-state index contributed by atoms with van der Waals surface area (Å²) in [6.45, 7) is 12.6. The number of anilines is 2. The third-order valence-corrected chi connectivity index (χ3v) is 8.46. The van der Waals surface area contributed by atoms with E-state index in [1.54, 1.807) is 14.5 Å². The Balaban J connectivity index is 1.69. The van der Waals surface area contributed by atoms with Crippen molar-refractivity contribution in [2.45, 2.75) is 149 Å². The van der Waals surface area contributed by atoms with Crippen LogP contribution < -0.4 is 10.3 Å². The predicted molar refractivity (Wildman–Crippen MR) is 185 cm³/mol. The number of hydrogen-bond donors (Lipinski definition) is 1. The molecule has 2 amide bonds.